The van der Waals surface area contributed by atoms with Crippen LogP contribution in [0.1, 0.15) is 53.5 Å². The third-order valence-corrected chi connectivity index (χ3v) is 7.83. The summed E-state index contributed by atoms with van der Waals surface area (Å²) in [6.45, 7) is 1.96. The summed E-state index contributed by atoms with van der Waals surface area (Å²) in [5.74, 6) is -0.739. The number of rotatable bonds is 7. The number of thiophene rings is 2. The van der Waals surface area contributed by atoms with Crippen molar-refractivity contribution in [1.29, 1.82) is 0 Å². The topological polar surface area (TPSA) is 49.4 Å². The molecule has 7 heteroatoms. The van der Waals surface area contributed by atoms with Crippen molar-refractivity contribution in [1.82, 2.24) is 5.32 Å². The summed E-state index contributed by atoms with van der Waals surface area (Å²) in [6, 6.07) is 10.9. The van der Waals surface area contributed by atoms with Crippen LogP contribution in [0.4, 0.5) is 10.1 Å². The van der Waals surface area contributed by atoms with Gasteiger partial charge in [-0.2, -0.15) is 0 Å². The lowest BCUT2D eigenvalue weighted by molar-refractivity contribution is -0.127. The first kappa shape index (κ1) is 22.7. The monoisotopic (exact) mass is 470 g/mol. The number of hydrogen-bond acceptors (Lipinski definition) is 4. The smallest absolute Gasteiger partial charge is 0.248 e. The highest BCUT2D eigenvalue weighted by atomic mass is 32.1. The summed E-state index contributed by atoms with van der Waals surface area (Å²) in [6.07, 6.45) is 5.51. The van der Waals surface area contributed by atoms with Crippen molar-refractivity contribution >= 4 is 40.2 Å². The van der Waals surface area contributed by atoms with E-state index in [1.165, 1.54) is 41.2 Å². The van der Waals surface area contributed by atoms with Crippen molar-refractivity contribution < 1.29 is 14.0 Å². The second-order valence-electron chi connectivity index (χ2n) is 8.21. The normalized spacial score (nSPS) is 15.3. The van der Waals surface area contributed by atoms with Gasteiger partial charge in [0.1, 0.15) is 11.9 Å². The van der Waals surface area contributed by atoms with Crippen LogP contribution in [0.5, 0.6) is 0 Å². The predicted molar refractivity (Wildman–Crippen MR) is 129 cm³/mol. The van der Waals surface area contributed by atoms with Crippen molar-refractivity contribution in [3.05, 3.63) is 74.4 Å². The highest BCUT2D eigenvalue weighted by molar-refractivity contribution is 7.10. The fraction of sp³-hybridized carbons (Fsp3) is 0.360. The lowest BCUT2D eigenvalue weighted by Gasteiger charge is -2.33. The Bertz CT molecular complexity index is 1040. The standard InChI is InChI=1S/C25H27FN2O2S2/c1-17-13-15-32-24(17)23(25(30)27-19-6-3-2-4-7-19)28(20-11-9-18(26)10-12-20)22(29)16-21-8-5-14-31-21/h5,8-15,19,23H,2-4,6-7,16H2,1H3,(H,27,30)/t23-/m0/s1. The Labute approximate surface area is 196 Å². The summed E-state index contributed by atoms with van der Waals surface area (Å²) >= 11 is 2.98. The molecule has 2 amide bonds. The number of anilines is 1. The summed E-state index contributed by atoms with van der Waals surface area (Å²) in [5.41, 5.74) is 1.49. The number of halogens is 1. The maximum Gasteiger partial charge on any atom is 0.248 e. The molecule has 0 spiro atoms. The minimum atomic E-state index is -0.796. The Hall–Kier alpha value is -2.51. The molecule has 0 bridgehead atoms. The molecule has 168 valence electrons. The molecule has 32 heavy (non-hydrogen) atoms. The van der Waals surface area contributed by atoms with Crippen LogP contribution < -0.4 is 10.2 Å². The number of hydrogen-bond donors (Lipinski definition) is 1. The van der Waals surface area contributed by atoms with E-state index in [1.54, 1.807) is 17.0 Å². The molecular weight excluding hydrogens is 443 g/mol. The molecule has 1 saturated carbocycles. The van der Waals surface area contributed by atoms with Crippen molar-refractivity contribution in [2.75, 3.05) is 4.90 Å². The van der Waals surface area contributed by atoms with E-state index >= 15 is 0 Å². The lowest BCUT2D eigenvalue weighted by atomic mass is 9.95. The molecule has 0 saturated heterocycles. The molecule has 1 atom stereocenters. The van der Waals surface area contributed by atoms with Crippen molar-refractivity contribution in [2.24, 2.45) is 0 Å². The molecule has 0 unspecified atom stereocenters. The van der Waals surface area contributed by atoms with Gasteiger partial charge in [-0.05, 0) is 72.5 Å². The van der Waals surface area contributed by atoms with Crippen molar-refractivity contribution in [3.8, 4) is 0 Å². The van der Waals surface area contributed by atoms with Gasteiger partial charge < -0.3 is 5.32 Å². The van der Waals surface area contributed by atoms with Crippen LogP contribution in [-0.4, -0.2) is 17.9 Å². The van der Waals surface area contributed by atoms with Gasteiger partial charge in [-0.25, -0.2) is 4.39 Å². The zero-order valence-corrected chi connectivity index (χ0v) is 19.7. The number of carbonyl (C=O) groups is 2. The Kier molecular flexibility index (Phi) is 7.37. The largest absolute Gasteiger partial charge is 0.351 e. The Balaban J connectivity index is 1.72. The van der Waals surface area contributed by atoms with E-state index in [4.69, 9.17) is 0 Å². The van der Waals surface area contributed by atoms with Crippen LogP contribution in [0, 0.1) is 12.7 Å². The van der Waals surface area contributed by atoms with Gasteiger partial charge in [0.15, 0.2) is 0 Å². The molecule has 1 N–H and O–H groups in total. The van der Waals surface area contributed by atoms with Crippen molar-refractivity contribution in [2.45, 2.75) is 57.5 Å². The SMILES string of the molecule is Cc1ccsc1[C@@H](C(=O)NC1CCCCC1)N(C(=O)Cc1cccs1)c1ccc(F)cc1. The minimum Gasteiger partial charge on any atom is -0.351 e. The maximum atomic E-state index is 13.7. The van der Waals surface area contributed by atoms with E-state index in [0.29, 0.717) is 5.69 Å². The zero-order valence-electron chi connectivity index (χ0n) is 18.1. The number of benzene rings is 1. The van der Waals surface area contributed by atoms with Gasteiger partial charge in [-0.15, -0.1) is 22.7 Å². The van der Waals surface area contributed by atoms with Crippen LogP contribution in [-0.2, 0) is 16.0 Å². The first-order valence-electron chi connectivity index (χ1n) is 11.0. The lowest BCUT2D eigenvalue weighted by Crippen LogP contribution is -2.47. The Morgan fingerprint density at radius 1 is 1.06 bits per heavy atom. The van der Waals surface area contributed by atoms with E-state index in [-0.39, 0.29) is 30.1 Å². The minimum absolute atomic E-state index is 0.126. The highest BCUT2D eigenvalue weighted by Crippen LogP contribution is 2.34. The second-order valence-corrected chi connectivity index (χ2v) is 10.2. The summed E-state index contributed by atoms with van der Waals surface area (Å²) in [7, 11) is 0. The Morgan fingerprint density at radius 2 is 1.81 bits per heavy atom. The van der Waals surface area contributed by atoms with E-state index in [0.717, 1.165) is 41.0 Å². The Morgan fingerprint density at radius 3 is 2.44 bits per heavy atom. The maximum absolute atomic E-state index is 13.7. The van der Waals surface area contributed by atoms with Gasteiger partial charge in [-0.1, -0.05) is 25.3 Å². The van der Waals surface area contributed by atoms with E-state index in [9.17, 15) is 14.0 Å². The second kappa shape index (κ2) is 10.4. The van der Waals surface area contributed by atoms with Crippen LogP contribution in [0.2, 0.25) is 0 Å². The molecule has 1 aliphatic carbocycles. The van der Waals surface area contributed by atoms with E-state index in [2.05, 4.69) is 5.32 Å². The molecule has 2 aromatic heterocycles. The first-order valence-corrected chi connectivity index (χ1v) is 12.7. The molecule has 4 nitrogen and oxygen atoms in total. The summed E-state index contributed by atoms with van der Waals surface area (Å²) < 4.78 is 13.7. The average molecular weight is 471 g/mol. The highest BCUT2D eigenvalue weighted by Gasteiger charge is 2.35. The summed E-state index contributed by atoms with van der Waals surface area (Å²) in [5, 5.41) is 7.09. The molecule has 1 aliphatic rings. The van der Waals surface area contributed by atoms with E-state index in [1.807, 2.05) is 35.9 Å². The molecule has 4 rings (SSSR count). The quantitative estimate of drug-likeness (QED) is 0.459. The molecule has 2 heterocycles. The number of nitrogens with zero attached hydrogens (tertiary/aromatic N) is 1. The van der Waals surface area contributed by atoms with Gasteiger partial charge in [-0.3, -0.25) is 14.5 Å². The summed E-state index contributed by atoms with van der Waals surface area (Å²) in [4.78, 5) is 30.6. The number of aryl methyl sites for hydroxylation is 1. The predicted octanol–water partition coefficient (Wildman–Crippen LogP) is 6.02. The van der Waals surface area contributed by atoms with Crippen LogP contribution in [0.3, 0.4) is 0 Å². The molecule has 1 aromatic carbocycles. The average Bonchev–Trinajstić information content (AvgIpc) is 3.45. The molecule has 0 aliphatic heterocycles. The van der Waals surface area contributed by atoms with Crippen LogP contribution >= 0.6 is 22.7 Å². The molecule has 1 fully saturated rings. The number of nitrogens with one attached hydrogen (secondary N) is 1. The number of carbonyl (C=O) groups excluding carboxylic acids is 2. The third-order valence-electron chi connectivity index (χ3n) is 5.89. The fourth-order valence-corrected chi connectivity index (χ4v) is 5.94. The fourth-order valence-electron chi connectivity index (χ4n) is 4.23. The van der Waals surface area contributed by atoms with Crippen LogP contribution in [0.25, 0.3) is 0 Å². The van der Waals surface area contributed by atoms with Crippen LogP contribution in [0.15, 0.2) is 53.2 Å². The zero-order chi connectivity index (χ0) is 22.5. The van der Waals surface area contributed by atoms with E-state index < -0.39 is 6.04 Å². The van der Waals surface area contributed by atoms with Gasteiger partial charge in [0, 0.05) is 21.5 Å². The van der Waals surface area contributed by atoms with Gasteiger partial charge in [0.05, 0.1) is 6.42 Å². The first-order chi connectivity index (χ1) is 15.5. The van der Waals surface area contributed by atoms with Gasteiger partial charge in [0.25, 0.3) is 0 Å². The number of amides is 2. The van der Waals surface area contributed by atoms with Crippen molar-refractivity contribution in [3.63, 3.8) is 0 Å². The molecule has 0 radical (unpaired) electrons. The third kappa shape index (κ3) is 5.27. The molecular formula is C25H27FN2O2S2. The molecule has 3 aromatic rings. The van der Waals surface area contributed by atoms with Gasteiger partial charge in [0.2, 0.25) is 11.8 Å². The van der Waals surface area contributed by atoms with Gasteiger partial charge >= 0.3 is 0 Å².